The molecule has 0 heterocycles. The van der Waals surface area contributed by atoms with E-state index in [4.69, 9.17) is 0 Å². The first kappa shape index (κ1) is 12.7. The van der Waals surface area contributed by atoms with Crippen molar-refractivity contribution in [2.45, 2.75) is 32.1 Å². The van der Waals surface area contributed by atoms with Crippen molar-refractivity contribution in [2.75, 3.05) is 0 Å². The molecule has 1 fully saturated rings. The highest BCUT2D eigenvalue weighted by Crippen LogP contribution is 2.23. The van der Waals surface area contributed by atoms with Gasteiger partial charge >= 0.3 is 0 Å². The second kappa shape index (κ2) is 6.28. The Morgan fingerprint density at radius 2 is 2.11 bits per heavy atom. The zero-order valence-electron chi connectivity index (χ0n) is 10.2. The van der Waals surface area contributed by atoms with Gasteiger partial charge in [0.15, 0.2) is 0 Å². The van der Waals surface area contributed by atoms with Crippen LogP contribution in [0.2, 0.25) is 0 Å². The fourth-order valence-corrected chi connectivity index (χ4v) is 2.21. The third-order valence-corrected chi connectivity index (χ3v) is 3.21. The maximum atomic E-state index is 12.9. The summed E-state index contributed by atoms with van der Waals surface area (Å²) in [5, 5.41) is 3.87. The van der Waals surface area contributed by atoms with Gasteiger partial charge < -0.3 is 0 Å². The fourth-order valence-electron chi connectivity index (χ4n) is 2.21. The number of halogens is 1. The number of carbonyl (C=O) groups is 1. The van der Waals surface area contributed by atoms with Crippen molar-refractivity contribution in [3.8, 4) is 0 Å². The Kier molecular flexibility index (Phi) is 4.45. The maximum absolute atomic E-state index is 12.9. The van der Waals surface area contributed by atoms with Gasteiger partial charge in [0.05, 0.1) is 6.21 Å². The molecule has 4 heteroatoms. The number of hydrazone groups is 1. The lowest BCUT2D eigenvalue weighted by atomic mass is 9.89. The van der Waals surface area contributed by atoms with E-state index >= 15 is 0 Å². The predicted octanol–water partition coefficient (Wildman–Crippen LogP) is 2.86. The van der Waals surface area contributed by atoms with Crippen LogP contribution in [0.4, 0.5) is 4.39 Å². The molecule has 2 rings (SSSR count). The molecule has 0 radical (unpaired) electrons. The van der Waals surface area contributed by atoms with E-state index in [0.717, 1.165) is 25.7 Å². The molecule has 1 aliphatic carbocycles. The minimum Gasteiger partial charge on any atom is -0.273 e. The molecule has 0 aromatic heterocycles. The number of benzene rings is 1. The summed E-state index contributed by atoms with van der Waals surface area (Å²) >= 11 is 0. The van der Waals surface area contributed by atoms with Crippen molar-refractivity contribution in [2.24, 2.45) is 11.0 Å². The highest BCUT2D eigenvalue weighted by atomic mass is 19.1. The lowest BCUT2D eigenvalue weighted by Gasteiger charge is -2.19. The number of hydrogen-bond donors (Lipinski definition) is 1. The molecule has 0 unspecified atom stereocenters. The van der Waals surface area contributed by atoms with Gasteiger partial charge in [-0.2, -0.15) is 5.10 Å². The molecule has 1 N–H and O–H groups in total. The first-order valence-electron chi connectivity index (χ1n) is 6.34. The predicted molar refractivity (Wildman–Crippen MR) is 68.7 cm³/mol. The highest BCUT2D eigenvalue weighted by Gasteiger charge is 2.20. The van der Waals surface area contributed by atoms with Crippen LogP contribution in [0.25, 0.3) is 0 Å². The smallest absolute Gasteiger partial charge is 0.243 e. The number of carbonyl (C=O) groups excluding carboxylic acids is 1. The van der Waals surface area contributed by atoms with E-state index in [1.807, 2.05) is 0 Å². The van der Waals surface area contributed by atoms with Crippen molar-refractivity contribution in [3.63, 3.8) is 0 Å². The summed E-state index contributed by atoms with van der Waals surface area (Å²) < 4.78 is 12.9. The molecule has 3 nitrogen and oxygen atoms in total. The number of nitrogens with zero attached hydrogens (tertiary/aromatic N) is 1. The van der Waals surface area contributed by atoms with Gasteiger partial charge in [-0.15, -0.1) is 0 Å². The molecule has 0 atom stereocenters. The molecule has 96 valence electrons. The Labute approximate surface area is 106 Å². The zero-order chi connectivity index (χ0) is 12.8. The van der Waals surface area contributed by atoms with Crippen LogP contribution in [-0.4, -0.2) is 12.1 Å². The average Bonchev–Trinajstić information content (AvgIpc) is 2.40. The van der Waals surface area contributed by atoms with Gasteiger partial charge in [-0.3, -0.25) is 4.79 Å². The Hall–Kier alpha value is -1.71. The van der Waals surface area contributed by atoms with E-state index in [1.165, 1.54) is 24.8 Å². The van der Waals surface area contributed by atoms with Crippen molar-refractivity contribution in [3.05, 3.63) is 35.6 Å². The number of amides is 1. The molecule has 0 aliphatic heterocycles. The highest BCUT2D eigenvalue weighted by molar-refractivity contribution is 5.83. The maximum Gasteiger partial charge on any atom is 0.243 e. The van der Waals surface area contributed by atoms with E-state index in [1.54, 1.807) is 12.1 Å². The van der Waals surface area contributed by atoms with Crippen LogP contribution >= 0.6 is 0 Å². The van der Waals surface area contributed by atoms with Gasteiger partial charge in [0.2, 0.25) is 5.91 Å². The molecule has 1 amide bonds. The summed E-state index contributed by atoms with van der Waals surface area (Å²) in [7, 11) is 0. The van der Waals surface area contributed by atoms with E-state index < -0.39 is 0 Å². The average molecular weight is 248 g/mol. The third kappa shape index (κ3) is 3.65. The second-order valence-corrected chi connectivity index (χ2v) is 4.62. The Morgan fingerprint density at radius 3 is 2.83 bits per heavy atom. The minimum atomic E-state index is -0.308. The molecule has 18 heavy (non-hydrogen) atoms. The monoisotopic (exact) mass is 248 g/mol. The summed E-state index contributed by atoms with van der Waals surface area (Å²) in [6.07, 6.45) is 6.81. The molecule has 1 aromatic carbocycles. The van der Waals surface area contributed by atoms with Crippen LogP contribution in [0.1, 0.15) is 37.7 Å². The van der Waals surface area contributed by atoms with Gasteiger partial charge in [-0.25, -0.2) is 9.82 Å². The molecule has 0 saturated heterocycles. The van der Waals surface area contributed by atoms with Crippen LogP contribution in [0.3, 0.4) is 0 Å². The Balaban J connectivity index is 1.85. The van der Waals surface area contributed by atoms with Crippen LogP contribution in [-0.2, 0) is 4.79 Å². The molecule has 0 bridgehead atoms. The summed E-state index contributed by atoms with van der Waals surface area (Å²) in [6.45, 7) is 0. The van der Waals surface area contributed by atoms with Crippen LogP contribution < -0.4 is 5.43 Å². The molecular formula is C14H17FN2O. The van der Waals surface area contributed by atoms with Crippen molar-refractivity contribution in [1.82, 2.24) is 5.43 Å². The van der Waals surface area contributed by atoms with Crippen LogP contribution in [0.15, 0.2) is 29.4 Å². The van der Waals surface area contributed by atoms with Crippen LogP contribution in [0, 0.1) is 11.7 Å². The Morgan fingerprint density at radius 1 is 1.33 bits per heavy atom. The van der Waals surface area contributed by atoms with Gasteiger partial charge in [0.25, 0.3) is 0 Å². The van der Waals surface area contributed by atoms with Crippen molar-refractivity contribution < 1.29 is 9.18 Å². The zero-order valence-corrected chi connectivity index (χ0v) is 10.2. The lowest BCUT2D eigenvalue weighted by Crippen LogP contribution is -2.28. The summed E-state index contributed by atoms with van der Waals surface area (Å²) in [6, 6.07) is 6.09. The van der Waals surface area contributed by atoms with Gasteiger partial charge in [-0.05, 0) is 30.5 Å². The van der Waals surface area contributed by atoms with E-state index in [-0.39, 0.29) is 17.6 Å². The van der Waals surface area contributed by atoms with Crippen molar-refractivity contribution in [1.29, 1.82) is 0 Å². The third-order valence-electron chi connectivity index (χ3n) is 3.21. The van der Waals surface area contributed by atoms with Gasteiger partial charge in [0.1, 0.15) is 5.82 Å². The summed E-state index contributed by atoms with van der Waals surface area (Å²) in [5.74, 6) is -0.247. The quantitative estimate of drug-likeness (QED) is 0.648. The number of rotatable bonds is 3. The van der Waals surface area contributed by atoms with E-state index in [0.29, 0.717) is 5.56 Å². The SMILES string of the molecule is O=C(N/N=C/c1cccc(F)c1)C1CCCCC1. The van der Waals surface area contributed by atoms with Gasteiger partial charge in [0, 0.05) is 5.92 Å². The fraction of sp³-hybridized carbons (Fsp3) is 0.429. The normalized spacial score (nSPS) is 16.9. The molecular weight excluding hydrogens is 231 g/mol. The van der Waals surface area contributed by atoms with Gasteiger partial charge in [-0.1, -0.05) is 31.4 Å². The minimum absolute atomic E-state index is 0.0256. The molecule has 1 aromatic rings. The van der Waals surface area contributed by atoms with E-state index in [9.17, 15) is 9.18 Å². The molecule has 0 spiro atoms. The summed E-state index contributed by atoms with van der Waals surface area (Å²) in [4.78, 5) is 11.8. The lowest BCUT2D eigenvalue weighted by molar-refractivity contribution is -0.125. The largest absolute Gasteiger partial charge is 0.273 e. The standard InChI is InChI=1S/C14H17FN2O/c15-13-8-4-5-11(9-13)10-16-17-14(18)12-6-2-1-3-7-12/h4-5,8-10,12H,1-3,6-7H2,(H,17,18)/b16-10+. The van der Waals surface area contributed by atoms with Crippen LogP contribution in [0.5, 0.6) is 0 Å². The number of nitrogens with one attached hydrogen (secondary N) is 1. The van der Waals surface area contributed by atoms with E-state index in [2.05, 4.69) is 10.5 Å². The second-order valence-electron chi connectivity index (χ2n) is 4.62. The summed E-state index contributed by atoms with van der Waals surface area (Å²) in [5.41, 5.74) is 3.17. The molecule has 1 saturated carbocycles. The Bertz CT molecular complexity index is 439. The number of hydrogen-bond acceptors (Lipinski definition) is 2. The van der Waals surface area contributed by atoms with Crippen molar-refractivity contribution >= 4 is 12.1 Å². The first-order valence-corrected chi connectivity index (χ1v) is 6.34. The molecule has 1 aliphatic rings. The topological polar surface area (TPSA) is 41.5 Å². The first-order chi connectivity index (χ1) is 8.75.